The SMILES string of the molecule is COC1CCCN(CCC(C)(C)C(N)=S)C1. The fourth-order valence-corrected chi connectivity index (χ4v) is 2.07. The van der Waals surface area contributed by atoms with Crippen molar-refractivity contribution in [2.45, 2.75) is 39.2 Å². The van der Waals surface area contributed by atoms with Crippen LogP contribution in [0.5, 0.6) is 0 Å². The molecule has 2 N–H and O–H groups in total. The maximum absolute atomic E-state index is 5.73. The molecule has 0 saturated carbocycles. The molecule has 0 radical (unpaired) electrons. The maximum Gasteiger partial charge on any atom is 0.0784 e. The van der Waals surface area contributed by atoms with Crippen molar-refractivity contribution in [3.05, 3.63) is 0 Å². The summed E-state index contributed by atoms with van der Waals surface area (Å²) in [6.07, 6.45) is 3.85. The van der Waals surface area contributed by atoms with Gasteiger partial charge in [-0.25, -0.2) is 0 Å². The predicted molar refractivity (Wildman–Crippen MR) is 71.7 cm³/mol. The number of piperidine rings is 1. The Hall–Kier alpha value is -0.190. The highest BCUT2D eigenvalue weighted by Gasteiger charge is 2.24. The van der Waals surface area contributed by atoms with E-state index in [-0.39, 0.29) is 5.41 Å². The van der Waals surface area contributed by atoms with Gasteiger partial charge in [0.25, 0.3) is 0 Å². The van der Waals surface area contributed by atoms with E-state index in [0.29, 0.717) is 11.1 Å². The molecule has 0 aromatic carbocycles. The third-order valence-electron chi connectivity index (χ3n) is 3.52. The molecule has 0 amide bonds. The molecule has 1 saturated heterocycles. The Morgan fingerprint density at radius 2 is 2.25 bits per heavy atom. The molecule has 1 aliphatic rings. The molecule has 1 heterocycles. The molecule has 1 aliphatic heterocycles. The lowest BCUT2D eigenvalue weighted by Gasteiger charge is -2.34. The van der Waals surface area contributed by atoms with Gasteiger partial charge in [0, 0.05) is 19.1 Å². The molecule has 1 atom stereocenters. The van der Waals surface area contributed by atoms with E-state index in [1.54, 1.807) is 7.11 Å². The van der Waals surface area contributed by atoms with Gasteiger partial charge in [-0.3, -0.25) is 0 Å². The van der Waals surface area contributed by atoms with Gasteiger partial charge in [-0.15, -0.1) is 0 Å². The van der Waals surface area contributed by atoms with E-state index in [1.165, 1.54) is 19.4 Å². The Morgan fingerprint density at radius 3 is 2.81 bits per heavy atom. The van der Waals surface area contributed by atoms with Crippen molar-refractivity contribution in [2.24, 2.45) is 11.1 Å². The zero-order valence-corrected chi connectivity index (χ0v) is 11.5. The summed E-state index contributed by atoms with van der Waals surface area (Å²) < 4.78 is 5.41. The summed E-state index contributed by atoms with van der Waals surface area (Å²) in [6.45, 7) is 7.52. The number of likely N-dealkylation sites (tertiary alicyclic amines) is 1. The van der Waals surface area contributed by atoms with Gasteiger partial charge in [0.05, 0.1) is 11.1 Å². The molecule has 1 rings (SSSR count). The van der Waals surface area contributed by atoms with Gasteiger partial charge in [-0.1, -0.05) is 26.1 Å². The van der Waals surface area contributed by atoms with Crippen LogP contribution in [0.25, 0.3) is 0 Å². The normalized spacial score (nSPS) is 23.3. The zero-order valence-electron chi connectivity index (χ0n) is 10.7. The summed E-state index contributed by atoms with van der Waals surface area (Å²) in [5.41, 5.74) is 5.70. The number of nitrogens with two attached hydrogens (primary N) is 1. The van der Waals surface area contributed by atoms with E-state index in [9.17, 15) is 0 Å². The molecule has 0 spiro atoms. The fraction of sp³-hybridized carbons (Fsp3) is 0.917. The second-order valence-corrected chi connectivity index (χ2v) is 5.74. The van der Waals surface area contributed by atoms with Crippen LogP contribution in [0.1, 0.15) is 33.1 Å². The fourth-order valence-electron chi connectivity index (χ4n) is 1.97. The number of thiocarbonyl (C=S) groups is 1. The molecule has 3 nitrogen and oxygen atoms in total. The minimum absolute atomic E-state index is 0.0324. The minimum atomic E-state index is -0.0324. The van der Waals surface area contributed by atoms with Crippen LogP contribution in [0.4, 0.5) is 0 Å². The van der Waals surface area contributed by atoms with Crippen LogP contribution in [0.2, 0.25) is 0 Å². The molecular weight excluding hydrogens is 220 g/mol. The topological polar surface area (TPSA) is 38.5 Å². The monoisotopic (exact) mass is 244 g/mol. The van der Waals surface area contributed by atoms with Crippen LogP contribution in [0, 0.1) is 5.41 Å². The van der Waals surface area contributed by atoms with Gasteiger partial charge in [0.1, 0.15) is 0 Å². The van der Waals surface area contributed by atoms with Crippen molar-refractivity contribution in [1.82, 2.24) is 4.90 Å². The lowest BCUT2D eigenvalue weighted by Crippen LogP contribution is -2.42. The van der Waals surface area contributed by atoms with Crippen LogP contribution in [0.3, 0.4) is 0 Å². The molecule has 4 heteroatoms. The van der Waals surface area contributed by atoms with Gasteiger partial charge in [0.15, 0.2) is 0 Å². The largest absolute Gasteiger partial charge is 0.393 e. The van der Waals surface area contributed by atoms with E-state index in [4.69, 9.17) is 22.7 Å². The van der Waals surface area contributed by atoms with Crippen molar-refractivity contribution in [3.8, 4) is 0 Å². The summed E-state index contributed by atoms with van der Waals surface area (Å²) in [5.74, 6) is 0. The van der Waals surface area contributed by atoms with Gasteiger partial charge < -0.3 is 15.4 Å². The smallest absolute Gasteiger partial charge is 0.0784 e. The highest BCUT2D eigenvalue weighted by Crippen LogP contribution is 2.22. The van der Waals surface area contributed by atoms with E-state index >= 15 is 0 Å². The van der Waals surface area contributed by atoms with E-state index in [2.05, 4.69) is 18.7 Å². The predicted octanol–water partition coefficient (Wildman–Crippen LogP) is 1.80. The summed E-state index contributed by atoms with van der Waals surface area (Å²) >= 11 is 5.08. The van der Waals surface area contributed by atoms with Crippen LogP contribution in [-0.2, 0) is 4.74 Å². The Morgan fingerprint density at radius 1 is 1.56 bits per heavy atom. The van der Waals surface area contributed by atoms with Crippen LogP contribution >= 0.6 is 12.2 Å². The van der Waals surface area contributed by atoms with Gasteiger partial charge in [0.2, 0.25) is 0 Å². The molecule has 0 aliphatic carbocycles. The minimum Gasteiger partial charge on any atom is -0.393 e. The van der Waals surface area contributed by atoms with Crippen LogP contribution in [-0.4, -0.2) is 42.7 Å². The number of rotatable bonds is 5. The Bertz CT molecular complexity index is 243. The molecule has 16 heavy (non-hydrogen) atoms. The Balaban J connectivity index is 2.35. The number of hydrogen-bond donors (Lipinski definition) is 1. The van der Waals surface area contributed by atoms with E-state index in [1.807, 2.05) is 0 Å². The van der Waals surface area contributed by atoms with Crippen molar-refractivity contribution in [2.75, 3.05) is 26.7 Å². The molecule has 1 fully saturated rings. The number of ether oxygens (including phenoxy) is 1. The summed E-state index contributed by atoms with van der Waals surface area (Å²) in [5, 5.41) is 0. The van der Waals surface area contributed by atoms with Gasteiger partial charge >= 0.3 is 0 Å². The first-order chi connectivity index (χ1) is 7.45. The number of hydrogen-bond acceptors (Lipinski definition) is 3. The lowest BCUT2D eigenvalue weighted by atomic mass is 9.89. The first kappa shape index (κ1) is 13.9. The van der Waals surface area contributed by atoms with Crippen molar-refractivity contribution >= 4 is 17.2 Å². The van der Waals surface area contributed by atoms with Crippen LogP contribution in [0.15, 0.2) is 0 Å². The summed E-state index contributed by atoms with van der Waals surface area (Å²) in [6, 6.07) is 0. The second-order valence-electron chi connectivity index (χ2n) is 5.30. The average Bonchev–Trinajstić information content (AvgIpc) is 2.26. The molecule has 0 aromatic heterocycles. The third-order valence-corrected chi connectivity index (χ3v) is 4.07. The van der Waals surface area contributed by atoms with Gasteiger partial charge in [-0.05, 0) is 32.4 Å². The summed E-state index contributed by atoms with van der Waals surface area (Å²) in [4.78, 5) is 3.07. The highest BCUT2D eigenvalue weighted by molar-refractivity contribution is 7.80. The molecule has 0 aromatic rings. The molecule has 0 bridgehead atoms. The van der Waals surface area contributed by atoms with E-state index in [0.717, 1.165) is 19.5 Å². The number of nitrogens with zero attached hydrogens (tertiary/aromatic N) is 1. The Labute approximate surface area is 104 Å². The molecule has 1 unspecified atom stereocenters. The van der Waals surface area contributed by atoms with Crippen molar-refractivity contribution in [3.63, 3.8) is 0 Å². The standard InChI is InChI=1S/C12H24N2OS/c1-12(2,11(13)16)6-8-14-7-4-5-10(9-14)15-3/h10H,4-9H2,1-3H3,(H2,13,16). The quantitative estimate of drug-likeness (QED) is 0.749. The van der Waals surface area contributed by atoms with Crippen molar-refractivity contribution in [1.29, 1.82) is 0 Å². The van der Waals surface area contributed by atoms with Crippen LogP contribution < -0.4 is 5.73 Å². The molecular formula is C12H24N2OS. The van der Waals surface area contributed by atoms with Gasteiger partial charge in [-0.2, -0.15) is 0 Å². The lowest BCUT2D eigenvalue weighted by molar-refractivity contribution is 0.0291. The first-order valence-electron chi connectivity index (χ1n) is 6.01. The zero-order chi connectivity index (χ0) is 12.2. The summed E-state index contributed by atoms with van der Waals surface area (Å²) in [7, 11) is 1.80. The maximum atomic E-state index is 5.73. The number of methoxy groups -OCH3 is 1. The molecule has 94 valence electrons. The second kappa shape index (κ2) is 5.94. The Kier molecular flexibility index (Phi) is 5.15. The average molecular weight is 244 g/mol. The van der Waals surface area contributed by atoms with E-state index < -0.39 is 0 Å². The first-order valence-corrected chi connectivity index (χ1v) is 6.41. The van der Waals surface area contributed by atoms with Crippen molar-refractivity contribution < 1.29 is 4.74 Å². The third kappa shape index (κ3) is 4.00. The highest BCUT2D eigenvalue weighted by atomic mass is 32.1.